The van der Waals surface area contributed by atoms with E-state index in [0.717, 1.165) is 58.1 Å². The predicted molar refractivity (Wildman–Crippen MR) is 124 cm³/mol. The van der Waals surface area contributed by atoms with Gasteiger partial charge >= 0.3 is 0 Å². The van der Waals surface area contributed by atoms with Gasteiger partial charge in [-0.2, -0.15) is 0 Å². The van der Waals surface area contributed by atoms with Gasteiger partial charge in [-0.25, -0.2) is 0 Å². The van der Waals surface area contributed by atoms with E-state index in [1.54, 1.807) is 7.05 Å². The molecular formula is C24H39N5O3. The van der Waals surface area contributed by atoms with Crippen molar-refractivity contribution in [1.29, 1.82) is 0 Å². The topological polar surface area (TPSA) is 86.3 Å². The number of hydrogen-bond donors (Lipinski definition) is 2. The summed E-state index contributed by atoms with van der Waals surface area (Å²) in [6.45, 7) is 9.75. The first-order valence-corrected chi connectivity index (χ1v) is 12.4. The first-order valence-electron chi connectivity index (χ1n) is 12.4. The Bertz CT molecular complexity index is 714. The zero-order valence-corrected chi connectivity index (χ0v) is 19.8. The quantitative estimate of drug-likeness (QED) is 0.239. The lowest BCUT2D eigenvalue weighted by atomic mass is 9.85. The van der Waals surface area contributed by atoms with E-state index in [1.165, 1.54) is 4.90 Å². The van der Waals surface area contributed by atoms with Gasteiger partial charge in [0.05, 0.1) is 25.0 Å². The third-order valence-electron chi connectivity index (χ3n) is 8.00. The smallest absolute Gasteiger partial charge is 0.233 e. The summed E-state index contributed by atoms with van der Waals surface area (Å²) in [4.78, 5) is 34.1. The van der Waals surface area contributed by atoms with Gasteiger partial charge in [-0.1, -0.05) is 38.8 Å². The van der Waals surface area contributed by atoms with Gasteiger partial charge in [-0.15, -0.1) is 0 Å². The van der Waals surface area contributed by atoms with Crippen molar-refractivity contribution in [3.05, 3.63) is 12.2 Å². The molecular weight excluding hydrogens is 406 g/mol. The number of guanidine groups is 1. The van der Waals surface area contributed by atoms with Crippen LogP contribution in [0.2, 0.25) is 0 Å². The second-order valence-corrected chi connectivity index (χ2v) is 9.50. The molecule has 2 saturated heterocycles. The van der Waals surface area contributed by atoms with Crippen molar-refractivity contribution in [2.24, 2.45) is 34.6 Å². The normalized spacial score (nSPS) is 31.0. The highest BCUT2D eigenvalue weighted by atomic mass is 16.5. The summed E-state index contributed by atoms with van der Waals surface area (Å²) in [7, 11) is 1.76. The molecule has 2 aliphatic carbocycles. The van der Waals surface area contributed by atoms with E-state index < -0.39 is 0 Å². The van der Waals surface area contributed by atoms with Gasteiger partial charge in [0.25, 0.3) is 0 Å². The lowest BCUT2D eigenvalue weighted by molar-refractivity contribution is -0.140. The third-order valence-corrected chi connectivity index (χ3v) is 8.00. The summed E-state index contributed by atoms with van der Waals surface area (Å²) in [5, 5.41) is 6.79. The molecule has 32 heavy (non-hydrogen) atoms. The molecule has 178 valence electrons. The van der Waals surface area contributed by atoms with Crippen molar-refractivity contribution >= 4 is 17.8 Å². The Balaban J connectivity index is 1.27. The van der Waals surface area contributed by atoms with Crippen LogP contribution in [0, 0.1) is 29.6 Å². The molecule has 2 heterocycles. The van der Waals surface area contributed by atoms with Crippen LogP contribution < -0.4 is 10.6 Å². The molecule has 2 bridgehead atoms. The zero-order chi connectivity index (χ0) is 22.7. The summed E-state index contributed by atoms with van der Waals surface area (Å²) >= 11 is 0. The Labute approximate surface area is 191 Å². The maximum atomic E-state index is 12.8. The number of ether oxygens (including phenoxy) is 1. The molecule has 5 atom stereocenters. The minimum atomic E-state index is -0.121. The molecule has 2 aliphatic heterocycles. The van der Waals surface area contributed by atoms with Crippen molar-refractivity contribution in [1.82, 2.24) is 20.4 Å². The van der Waals surface area contributed by atoms with E-state index >= 15 is 0 Å². The number of rotatable bonds is 9. The second kappa shape index (κ2) is 10.3. The average molecular weight is 446 g/mol. The van der Waals surface area contributed by atoms with Crippen molar-refractivity contribution in [3.63, 3.8) is 0 Å². The number of allylic oxidation sites excluding steroid dienone is 2. The van der Waals surface area contributed by atoms with Crippen molar-refractivity contribution in [3.8, 4) is 0 Å². The predicted octanol–water partition coefficient (Wildman–Crippen LogP) is 1.10. The van der Waals surface area contributed by atoms with Gasteiger partial charge in [0.15, 0.2) is 5.96 Å². The lowest BCUT2D eigenvalue weighted by Crippen LogP contribution is -2.53. The van der Waals surface area contributed by atoms with E-state index in [1.807, 2.05) is 0 Å². The van der Waals surface area contributed by atoms with Crippen molar-refractivity contribution < 1.29 is 14.3 Å². The summed E-state index contributed by atoms with van der Waals surface area (Å²) < 4.78 is 5.55. The molecule has 4 aliphatic rings. The van der Waals surface area contributed by atoms with Crippen LogP contribution in [-0.4, -0.2) is 86.6 Å². The number of imide groups is 1. The number of amides is 2. The minimum absolute atomic E-state index is 0.0164. The summed E-state index contributed by atoms with van der Waals surface area (Å²) in [6.07, 6.45) is 7.52. The fraction of sp³-hybridized carbons (Fsp3) is 0.792. The number of nitrogens with one attached hydrogen (secondary N) is 2. The molecule has 2 N–H and O–H groups in total. The van der Waals surface area contributed by atoms with E-state index in [9.17, 15) is 9.59 Å². The standard InChI is InChI=1S/C24H39N5O3/c1-4-16(5-2)19(28-10-12-32-13-11-28)15-27-24(25-3)26-8-9-29-22(30)20-17-6-7-18(14-17)21(20)23(29)31/h6-7,16-21H,4-5,8-15H2,1-3H3,(H2,25,26,27). The van der Waals surface area contributed by atoms with Crippen molar-refractivity contribution in [2.45, 2.75) is 39.2 Å². The van der Waals surface area contributed by atoms with Gasteiger partial charge in [0, 0.05) is 45.8 Å². The highest BCUT2D eigenvalue weighted by Crippen LogP contribution is 2.52. The number of carbonyl (C=O) groups is 2. The zero-order valence-electron chi connectivity index (χ0n) is 19.8. The number of carbonyl (C=O) groups excluding carboxylic acids is 2. The molecule has 0 radical (unpaired) electrons. The van der Waals surface area contributed by atoms with Crippen LogP contribution in [-0.2, 0) is 14.3 Å². The Morgan fingerprint density at radius 3 is 2.28 bits per heavy atom. The molecule has 4 rings (SSSR count). The molecule has 0 aromatic heterocycles. The SMILES string of the molecule is CCC(CC)C(CNC(=NC)NCCN1C(=O)C2C3C=CC(C3)C2C1=O)N1CCOCC1. The first kappa shape index (κ1) is 23.2. The maximum absolute atomic E-state index is 12.8. The highest BCUT2D eigenvalue weighted by Gasteiger charge is 2.58. The highest BCUT2D eigenvalue weighted by molar-refractivity contribution is 6.06. The molecule has 1 saturated carbocycles. The van der Waals surface area contributed by atoms with Gasteiger partial charge in [-0.3, -0.25) is 24.4 Å². The monoisotopic (exact) mass is 445 g/mol. The third kappa shape index (κ3) is 4.44. The fourth-order valence-corrected chi connectivity index (χ4v) is 6.23. The molecule has 3 fully saturated rings. The van der Waals surface area contributed by atoms with E-state index in [2.05, 4.69) is 46.5 Å². The Morgan fingerprint density at radius 1 is 1.09 bits per heavy atom. The number of morpholine rings is 1. The molecule has 8 heteroatoms. The van der Waals surface area contributed by atoms with E-state index in [0.29, 0.717) is 25.0 Å². The van der Waals surface area contributed by atoms with E-state index in [-0.39, 0.29) is 35.5 Å². The van der Waals surface area contributed by atoms with Crippen LogP contribution in [0.1, 0.15) is 33.1 Å². The van der Waals surface area contributed by atoms with Crippen molar-refractivity contribution in [2.75, 3.05) is 53.0 Å². The van der Waals surface area contributed by atoms with Crippen LogP contribution in [0.4, 0.5) is 0 Å². The Kier molecular flexibility index (Phi) is 7.51. The fourth-order valence-electron chi connectivity index (χ4n) is 6.23. The van der Waals surface area contributed by atoms with Crippen LogP contribution in [0.5, 0.6) is 0 Å². The van der Waals surface area contributed by atoms with Crippen LogP contribution >= 0.6 is 0 Å². The molecule has 5 unspecified atom stereocenters. The maximum Gasteiger partial charge on any atom is 0.233 e. The van der Waals surface area contributed by atoms with Crippen LogP contribution in [0.3, 0.4) is 0 Å². The lowest BCUT2D eigenvalue weighted by Gasteiger charge is -2.39. The molecule has 0 aromatic carbocycles. The molecule has 0 spiro atoms. The average Bonchev–Trinajstić information content (AvgIpc) is 3.50. The first-order chi connectivity index (χ1) is 15.6. The number of fused-ring (bicyclic) bond motifs is 5. The molecule has 0 aromatic rings. The number of likely N-dealkylation sites (tertiary alicyclic amines) is 1. The largest absolute Gasteiger partial charge is 0.379 e. The Morgan fingerprint density at radius 2 is 1.72 bits per heavy atom. The number of nitrogens with zero attached hydrogens (tertiary/aromatic N) is 3. The number of aliphatic imine (C=N–C) groups is 1. The second-order valence-electron chi connectivity index (χ2n) is 9.50. The molecule has 2 amide bonds. The minimum Gasteiger partial charge on any atom is -0.379 e. The number of hydrogen-bond acceptors (Lipinski definition) is 5. The Hall–Kier alpha value is -1.93. The van der Waals surface area contributed by atoms with E-state index in [4.69, 9.17) is 4.74 Å². The van der Waals surface area contributed by atoms with Gasteiger partial charge in [0.2, 0.25) is 11.8 Å². The summed E-state index contributed by atoms with van der Waals surface area (Å²) in [5.74, 6) is 1.64. The van der Waals surface area contributed by atoms with Crippen LogP contribution in [0.25, 0.3) is 0 Å². The summed E-state index contributed by atoms with van der Waals surface area (Å²) in [5.41, 5.74) is 0. The van der Waals surface area contributed by atoms with Crippen LogP contribution in [0.15, 0.2) is 17.1 Å². The summed E-state index contributed by atoms with van der Waals surface area (Å²) in [6, 6.07) is 0.427. The van der Waals surface area contributed by atoms with Gasteiger partial charge in [-0.05, 0) is 24.2 Å². The molecule has 8 nitrogen and oxygen atoms in total. The van der Waals surface area contributed by atoms with Gasteiger partial charge < -0.3 is 15.4 Å². The van der Waals surface area contributed by atoms with Gasteiger partial charge in [0.1, 0.15) is 0 Å².